The summed E-state index contributed by atoms with van der Waals surface area (Å²) in [5.74, 6) is 0.0641. The Labute approximate surface area is 119 Å². The van der Waals surface area contributed by atoms with Crippen molar-refractivity contribution in [3.63, 3.8) is 0 Å². The van der Waals surface area contributed by atoms with E-state index in [0.717, 1.165) is 10.9 Å². The Bertz CT molecular complexity index is 610. The molecule has 1 unspecified atom stereocenters. The molecule has 2 rings (SSSR count). The Morgan fingerprint density at radius 2 is 2.05 bits per heavy atom. The maximum absolute atomic E-state index is 12.6. The number of likely N-dealkylation sites (N-methyl/N-ethyl adjacent to an activating group) is 1. The van der Waals surface area contributed by atoms with Gasteiger partial charge in [-0.05, 0) is 33.9 Å². The summed E-state index contributed by atoms with van der Waals surface area (Å²) in [7, 11) is 1.86. The fourth-order valence-electron chi connectivity index (χ4n) is 2.45. The molecule has 0 bridgehead atoms. The van der Waals surface area contributed by atoms with Crippen LogP contribution >= 0.6 is 0 Å². The summed E-state index contributed by atoms with van der Waals surface area (Å²) < 4.78 is 0. The molecule has 4 heteroatoms. The van der Waals surface area contributed by atoms with Crippen molar-refractivity contribution in [2.45, 2.75) is 32.4 Å². The maximum Gasteiger partial charge on any atom is 0.181 e. The van der Waals surface area contributed by atoms with Gasteiger partial charge < -0.3 is 10.1 Å². The second-order valence-electron chi connectivity index (χ2n) is 6.02. The molecule has 0 spiro atoms. The second kappa shape index (κ2) is 5.38. The van der Waals surface area contributed by atoms with Crippen molar-refractivity contribution in [1.29, 1.82) is 0 Å². The average Bonchev–Trinajstić information content (AvgIpc) is 2.78. The number of H-pyrrole nitrogens is 1. The third-order valence-electron chi connectivity index (χ3n) is 3.53. The van der Waals surface area contributed by atoms with E-state index in [1.807, 2.05) is 43.1 Å². The van der Waals surface area contributed by atoms with Crippen LogP contribution in [0.1, 0.15) is 31.1 Å². The van der Waals surface area contributed by atoms with Crippen LogP contribution in [0, 0.1) is 0 Å². The maximum atomic E-state index is 12.6. The van der Waals surface area contributed by atoms with Crippen molar-refractivity contribution in [3.05, 3.63) is 36.0 Å². The number of benzene rings is 1. The molecule has 0 radical (unpaired) electrons. The predicted molar refractivity (Wildman–Crippen MR) is 81.0 cm³/mol. The van der Waals surface area contributed by atoms with Gasteiger partial charge in [0.25, 0.3) is 0 Å². The molecule has 0 fully saturated rings. The van der Waals surface area contributed by atoms with Gasteiger partial charge in [0, 0.05) is 29.2 Å². The molecule has 20 heavy (non-hydrogen) atoms. The molecular formula is C16H22N2O2. The average molecular weight is 274 g/mol. The molecule has 0 saturated carbocycles. The first-order chi connectivity index (χ1) is 9.29. The predicted octanol–water partition coefficient (Wildman–Crippen LogP) is 2.44. The van der Waals surface area contributed by atoms with Gasteiger partial charge in [0.1, 0.15) is 0 Å². The fraction of sp³-hybridized carbons (Fsp3) is 0.438. The monoisotopic (exact) mass is 274 g/mol. The molecule has 2 aromatic rings. The van der Waals surface area contributed by atoms with Crippen LogP contribution in [0.5, 0.6) is 0 Å². The molecule has 1 aromatic carbocycles. The van der Waals surface area contributed by atoms with Gasteiger partial charge in [-0.15, -0.1) is 0 Å². The number of aliphatic hydroxyl groups is 1. The Kier molecular flexibility index (Phi) is 3.97. The first kappa shape index (κ1) is 14.8. The van der Waals surface area contributed by atoms with E-state index in [4.69, 9.17) is 0 Å². The molecule has 0 aliphatic heterocycles. The third-order valence-corrected chi connectivity index (χ3v) is 3.53. The van der Waals surface area contributed by atoms with E-state index in [9.17, 15) is 9.90 Å². The van der Waals surface area contributed by atoms with Crippen molar-refractivity contribution in [3.8, 4) is 0 Å². The summed E-state index contributed by atoms with van der Waals surface area (Å²) in [6.45, 7) is 5.80. The lowest BCUT2D eigenvalue weighted by Crippen LogP contribution is -2.44. The number of para-hydroxylation sites is 1. The second-order valence-corrected chi connectivity index (χ2v) is 6.02. The summed E-state index contributed by atoms with van der Waals surface area (Å²) in [5.41, 5.74) is 0.854. The van der Waals surface area contributed by atoms with Gasteiger partial charge in [0.05, 0.1) is 11.6 Å². The first-order valence-electron chi connectivity index (χ1n) is 6.82. The van der Waals surface area contributed by atoms with Gasteiger partial charge in [-0.3, -0.25) is 9.69 Å². The summed E-state index contributed by atoms with van der Waals surface area (Å²) in [6.07, 6.45) is 1.77. The van der Waals surface area contributed by atoms with Crippen LogP contribution in [-0.4, -0.2) is 46.0 Å². The number of rotatable bonds is 5. The van der Waals surface area contributed by atoms with Gasteiger partial charge in [-0.1, -0.05) is 18.2 Å². The Morgan fingerprint density at radius 3 is 2.70 bits per heavy atom. The van der Waals surface area contributed by atoms with E-state index in [2.05, 4.69) is 4.98 Å². The standard InChI is InChI=1S/C16H22N2O2/c1-11(18(4)10-16(2,3)20)15(19)13-9-17-14-8-6-5-7-12(13)14/h5-9,11,17,20H,10H2,1-4H3. The smallest absolute Gasteiger partial charge is 0.181 e. The molecule has 108 valence electrons. The molecule has 0 amide bonds. The van der Waals surface area contributed by atoms with E-state index in [-0.39, 0.29) is 11.8 Å². The molecule has 1 aromatic heterocycles. The lowest BCUT2D eigenvalue weighted by atomic mass is 10.0. The molecule has 0 aliphatic carbocycles. The van der Waals surface area contributed by atoms with Crippen molar-refractivity contribution < 1.29 is 9.90 Å². The molecule has 1 heterocycles. The van der Waals surface area contributed by atoms with Gasteiger partial charge in [-0.2, -0.15) is 0 Å². The lowest BCUT2D eigenvalue weighted by Gasteiger charge is -2.29. The number of hydrogen-bond donors (Lipinski definition) is 2. The highest BCUT2D eigenvalue weighted by Gasteiger charge is 2.25. The molecule has 0 saturated heterocycles. The SMILES string of the molecule is CC(C(=O)c1c[nH]c2ccccc12)N(C)CC(C)(C)O. The lowest BCUT2D eigenvalue weighted by molar-refractivity contribution is 0.0330. The minimum atomic E-state index is -0.816. The molecule has 0 aliphatic rings. The summed E-state index contributed by atoms with van der Waals surface area (Å²) >= 11 is 0. The van der Waals surface area contributed by atoms with E-state index in [1.165, 1.54) is 0 Å². The number of ketones is 1. The van der Waals surface area contributed by atoms with Crippen LogP contribution in [-0.2, 0) is 0 Å². The quantitative estimate of drug-likeness (QED) is 0.823. The van der Waals surface area contributed by atoms with Crippen molar-refractivity contribution in [2.24, 2.45) is 0 Å². The minimum absolute atomic E-state index is 0.0641. The number of carbonyl (C=O) groups is 1. The highest BCUT2D eigenvalue weighted by Crippen LogP contribution is 2.20. The molecule has 1 atom stereocenters. The number of carbonyl (C=O) groups excluding carboxylic acids is 1. The van der Waals surface area contributed by atoms with Crippen LogP contribution in [0.3, 0.4) is 0 Å². The van der Waals surface area contributed by atoms with Crippen LogP contribution in [0.15, 0.2) is 30.5 Å². The summed E-state index contributed by atoms with van der Waals surface area (Å²) in [6, 6.07) is 7.49. The number of hydrogen-bond acceptors (Lipinski definition) is 3. The zero-order chi connectivity index (χ0) is 14.9. The van der Waals surface area contributed by atoms with Crippen LogP contribution in [0.2, 0.25) is 0 Å². The van der Waals surface area contributed by atoms with Crippen LogP contribution < -0.4 is 0 Å². The zero-order valence-corrected chi connectivity index (χ0v) is 12.5. The van der Waals surface area contributed by atoms with Gasteiger partial charge in [-0.25, -0.2) is 0 Å². The third kappa shape index (κ3) is 3.08. The normalized spacial score (nSPS) is 13.9. The first-order valence-corrected chi connectivity index (χ1v) is 6.82. The highest BCUT2D eigenvalue weighted by molar-refractivity contribution is 6.10. The van der Waals surface area contributed by atoms with E-state index >= 15 is 0 Å². The number of nitrogens with one attached hydrogen (secondary N) is 1. The topological polar surface area (TPSA) is 56.3 Å². The van der Waals surface area contributed by atoms with Crippen molar-refractivity contribution in [1.82, 2.24) is 9.88 Å². The summed E-state index contributed by atoms with van der Waals surface area (Å²) in [5, 5.41) is 10.8. The minimum Gasteiger partial charge on any atom is -0.389 e. The van der Waals surface area contributed by atoms with E-state index < -0.39 is 5.60 Å². The zero-order valence-electron chi connectivity index (χ0n) is 12.5. The number of Topliss-reactive ketones (excluding diaryl/α,β-unsaturated/α-hetero) is 1. The van der Waals surface area contributed by atoms with Gasteiger partial charge >= 0.3 is 0 Å². The fourth-order valence-corrected chi connectivity index (χ4v) is 2.45. The van der Waals surface area contributed by atoms with E-state index in [0.29, 0.717) is 12.1 Å². The molecule has 2 N–H and O–H groups in total. The van der Waals surface area contributed by atoms with Crippen molar-refractivity contribution in [2.75, 3.05) is 13.6 Å². The van der Waals surface area contributed by atoms with Crippen LogP contribution in [0.25, 0.3) is 10.9 Å². The summed E-state index contributed by atoms with van der Waals surface area (Å²) in [4.78, 5) is 17.6. The largest absolute Gasteiger partial charge is 0.389 e. The van der Waals surface area contributed by atoms with Crippen molar-refractivity contribution >= 4 is 16.7 Å². The molecule has 4 nitrogen and oxygen atoms in total. The Hall–Kier alpha value is -1.65. The van der Waals surface area contributed by atoms with Gasteiger partial charge in [0.15, 0.2) is 5.78 Å². The number of nitrogens with zero attached hydrogens (tertiary/aromatic N) is 1. The van der Waals surface area contributed by atoms with E-state index in [1.54, 1.807) is 20.0 Å². The number of fused-ring (bicyclic) bond motifs is 1. The van der Waals surface area contributed by atoms with Gasteiger partial charge in [0.2, 0.25) is 0 Å². The number of aromatic amines is 1. The number of aromatic nitrogens is 1. The Morgan fingerprint density at radius 1 is 1.40 bits per heavy atom. The highest BCUT2D eigenvalue weighted by atomic mass is 16.3. The Balaban J connectivity index is 2.22. The molecular weight excluding hydrogens is 252 g/mol. The van der Waals surface area contributed by atoms with Crippen LogP contribution in [0.4, 0.5) is 0 Å².